The van der Waals surface area contributed by atoms with E-state index in [0.29, 0.717) is 0 Å². The summed E-state index contributed by atoms with van der Waals surface area (Å²) in [5, 5.41) is 4.86. The topological polar surface area (TPSA) is 16.4 Å². The molecular weight excluding hydrogens is 691 g/mol. The molecule has 0 saturated carbocycles. The summed E-state index contributed by atoms with van der Waals surface area (Å²) in [4.78, 5) is 2.47. The number of nitrogens with zero attached hydrogens (tertiary/aromatic N) is 1. The van der Waals surface area contributed by atoms with Gasteiger partial charge in [-0.1, -0.05) is 147 Å². The van der Waals surface area contributed by atoms with Crippen LogP contribution in [0, 0.1) is 0 Å². The van der Waals surface area contributed by atoms with E-state index in [1.165, 1.54) is 72.1 Å². The highest BCUT2D eigenvalue weighted by Crippen LogP contribution is 2.54. The summed E-state index contributed by atoms with van der Waals surface area (Å²) >= 11 is 0. The molecule has 10 aromatic rings. The van der Waals surface area contributed by atoms with Crippen molar-refractivity contribution >= 4 is 49.8 Å². The lowest BCUT2D eigenvalue weighted by Gasteiger charge is -2.29. The van der Waals surface area contributed by atoms with Gasteiger partial charge < -0.3 is 9.32 Å². The number of para-hydroxylation sites is 1. The third-order valence-electron chi connectivity index (χ3n) is 12.6. The number of hydrogen-bond acceptors (Lipinski definition) is 2. The van der Waals surface area contributed by atoms with Crippen molar-refractivity contribution in [2.45, 2.75) is 19.3 Å². The van der Waals surface area contributed by atoms with Crippen molar-refractivity contribution in [1.82, 2.24) is 0 Å². The third kappa shape index (κ3) is 4.71. The van der Waals surface area contributed by atoms with Gasteiger partial charge in [0.2, 0.25) is 0 Å². The Balaban J connectivity index is 1.01. The van der Waals surface area contributed by atoms with E-state index < -0.39 is 0 Å². The second-order valence-electron chi connectivity index (χ2n) is 16.1. The van der Waals surface area contributed by atoms with Crippen molar-refractivity contribution in [2.24, 2.45) is 0 Å². The molecule has 2 nitrogen and oxygen atoms in total. The standard InChI is InChI=1S/C55H37NO/c1-55(2)49-31-36(34-11-4-3-5-12-34)21-26-42(49)43-28-25-39(33-50(43)55)56(51-30-29-47-41-14-7-6-13-40(41)46-16-10-17-48(51)54(46)47)38-23-19-35(20-24-38)37-22-27-45-44-15-8-9-18-52(44)57-53(45)32-37/h3-33H,1-2H3. The van der Waals surface area contributed by atoms with E-state index in [0.717, 1.165) is 44.4 Å². The van der Waals surface area contributed by atoms with E-state index in [4.69, 9.17) is 4.42 Å². The van der Waals surface area contributed by atoms with Gasteiger partial charge in [0.25, 0.3) is 0 Å². The molecule has 2 aliphatic rings. The van der Waals surface area contributed by atoms with Gasteiger partial charge in [0.05, 0.1) is 5.69 Å². The van der Waals surface area contributed by atoms with Gasteiger partial charge in [0, 0.05) is 32.9 Å². The maximum absolute atomic E-state index is 6.28. The van der Waals surface area contributed by atoms with Crippen LogP contribution >= 0.6 is 0 Å². The van der Waals surface area contributed by atoms with E-state index >= 15 is 0 Å². The van der Waals surface area contributed by atoms with Gasteiger partial charge >= 0.3 is 0 Å². The molecular formula is C55H37NO. The average Bonchev–Trinajstić information content (AvgIpc) is 3.88. The van der Waals surface area contributed by atoms with Gasteiger partial charge in [-0.15, -0.1) is 0 Å². The number of anilines is 3. The smallest absolute Gasteiger partial charge is 0.136 e. The monoisotopic (exact) mass is 727 g/mol. The quantitative estimate of drug-likeness (QED) is 0.175. The minimum absolute atomic E-state index is 0.181. The van der Waals surface area contributed by atoms with Crippen molar-refractivity contribution in [3.05, 3.63) is 199 Å². The van der Waals surface area contributed by atoms with E-state index in [1.807, 2.05) is 12.1 Å². The van der Waals surface area contributed by atoms with Gasteiger partial charge in [0.1, 0.15) is 11.2 Å². The molecule has 0 atom stereocenters. The van der Waals surface area contributed by atoms with Crippen LogP contribution in [0.15, 0.2) is 192 Å². The van der Waals surface area contributed by atoms with Crippen LogP contribution in [0.25, 0.3) is 88.3 Å². The van der Waals surface area contributed by atoms with E-state index in [2.05, 4.69) is 195 Å². The molecule has 0 radical (unpaired) electrons. The number of fused-ring (bicyclic) bond motifs is 9. The highest BCUT2D eigenvalue weighted by Gasteiger charge is 2.36. The Morgan fingerprint density at radius 3 is 1.75 bits per heavy atom. The molecule has 0 spiro atoms. The molecule has 57 heavy (non-hydrogen) atoms. The van der Waals surface area contributed by atoms with Crippen molar-refractivity contribution < 1.29 is 4.42 Å². The normalized spacial score (nSPS) is 13.2. The second kappa shape index (κ2) is 11.9. The second-order valence-corrected chi connectivity index (χ2v) is 16.1. The molecule has 0 aliphatic heterocycles. The zero-order valence-electron chi connectivity index (χ0n) is 31.8. The van der Waals surface area contributed by atoms with Crippen molar-refractivity contribution in [1.29, 1.82) is 0 Å². The fourth-order valence-electron chi connectivity index (χ4n) is 9.80. The summed E-state index contributed by atoms with van der Waals surface area (Å²) in [6.45, 7) is 4.76. The van der Waals surface area contributed by atoms with Crippen LogP contribution in [0.2, 0.25) is 0 Å². The van der Waals surface area contributed by atoms with Crippen LogP contribution in [0.5, 0.6) is 0 Å². The number of furan rings is 1. The maximum Gasteiger partial charge on any atom is 0.136 e. The van der Waals surface area contributed by atoms with Gasteiger partial charge in [-0.05, 0) is 127 Å². The van der Waals surface area contributed by atoms with Gasteiger partial charge in [-0.2, -0.15) is 0 Å². The molecule has 1 aromatic heterocycles. The fraction of sp³-hybridized carbons (Fsp3) is 0.0545. The average molecular weight is 728 g/mol. The highest BCUT2D eigenvalue weighted by molar-refractivity contribution is 6.19. The summed E-state index contributed by atoms with van der Waals surface area (Å²) in [5.41, 5.74) is 20.4. The minimum Gasteiger partial charge on any atom is -0.456 e. The predicted octanol–water partition coefficient (Wildman–Crippen LogP) is 15.5. The maximum atomic E-state index is 6.28. The highest BCUT2D eigenvalue weighted by atomic mass is 16.3. The largest absolute Gasteiger partial charge is 0.456 e. The van der Waals surface area contributed by atoms with Crippen molar-refractivity contribution in [2.75, 3.05) is 4.90 Å². The van der Waals surface area contributed by atoms with Crippen LogP contribution in [0.1, 0.15) is 25.0 Å². The zero-order chi connectivity index (χ0) is 37.8. The van der Waals surface area contributed by atoms with Crippen molar-refractivity contribution in [3.8, 4) is 55.6 Å². The lowest BCUT2D eigenvalue weighted by atomic mass is 9.81. The molecule has 9 aromatic carbocycles. The Kier molecular flexibility index (Phi) is 6.72. The van der Waals surface area contributed by atoms with Gasteiger partial charge in [-0.25, -0.2) is 0 Å². The Morgan fingerprint density at radius 1 is 0.368 bits per heavy atom. The first-order chi connectivity index (χ1) is 28.0. The van der Waals surface area contributed by atoms with Crippen LogP contribution in [0.4, 0.5) is 17.1 Å². The van der Waals surface area contributed by atoms with Crippen LogP contribution < -0.4 is 4.90 Å². The Labute approximate surface area is 331 Å². The zero-order valence-corrected chi connectivity index (χ0v) is 31.8. The first kappa shape index (κ1) is 32.1. The molecule has 1 heterocycles. The van der Waals surface area contributed by atoms with Crippen LogP contribution in [-0.2, 0) is 5.41 Å². The lowest BCUT2D eigenvalue weighted by Crippen LogP contribution is -2.17. The first-order valence-corrected chi connectivity index (χ1v) is 19.8. The fourth-order valence-corrected chi connectivity index (χ4v) is 9.80. The molecule has 0 amide bonds. The minimum atomic E-state index is -0.181. The van der Waals surface area contributed by atoms with Gasteiger partial charge in [0.15, 0.2) is 0 Å². The summed E-state index contributed by atoms with van der Waals surface area (Å²) in [7, 11) is 0. The molecule has 12 rings (SSSR count). The molecule has 0 bridgehead atoms. The van der Waals surface area contributed by atoms with E-state index in [9.17, 15) is 0 Å². The molecule has 2 aliphatic carbocycles. The summed E-state index contributed by atoms with van der Waals surface area (Å²) < 4.78 is 6.28. The summed E-state index contributed by atoms with van der Waals surface area (Å²) in [5.74, 6) is 0. The number of benzene rings is 9. The Hall–Kier alpha value is -7.16. The number of rotatable bonds is 5. The SMILES string of the molecule is CC1(C)c2cc(-c3ccccc3)ccc2-c2ccc(N(c3ccc(-c4ccc5c(c4)oc4ccccc45)cc3)c3ccc4c5c(cccc35)-c3ccccc3-4)cc21. The first-order valence-electron chi connectivity index (χ1n) is 19.8. The Bertz CT molecular complexity index is 3230. The summed E-state index contributed by atoms with van der Waals surface area (Å²) in [6, 6.07) is 69.0. The molecule has 0 unspecified atom stereocenters. The molecule has 0 fully saturated rings. The summed E-state index contributed by atoms with van der Waals surface area (Å²) in [6.07, 6.45) is 0. The van der Waals surface area contributed by atoms with Crippen molar-refractivity contribution in [3.63, 3.8) is 0 Å². The van der Waals surface area contributed by atoms with Crippen LogP contribution in [0.3, 0.4) is 0 Å². The van der Waals surface area contributed by atoms with E-state index in [1.54, 1.807) is 0 Å². The van der Waals surface area contributed by atoms with Gasteiger partial charge in [-0.3, -0.25) is 0 Å². The van der Waals surface area contributed by atoms with Crippen LogP contribution in [-0.4, -0.2) is 0 Å². The molecule has 2 heteroatoms. The molecule has 0 N–H and O–H groups in total. The molecule has 0 saturated heterocycles. The Morgan fingerprint density at radius 2 is 0.930 bits per heavy atom. The predicted molar refractivity (Wildman–Crippen MR) is 239 cm³/mol. The number of hydrogen-bond donors (Lipinski definition) is 0. The molecule has 268 valence electrons. The van der Waals surface area contributed by atoms with E-state index in [-0.39, 0.29) is 5.41 Å². The lowest BCUT2D eigenvalue weighted by molar-refractivity contribution is 0.660. The third-order valence-corrected chi connectivity index (χ3v) is 12.6.